The first-order chi connectivity index (χ1) is 14.7. The van der Waals surface area contributed by atoms with E-state index in [9.17, 15) is 10.2 Å². The van der Waals surface area contributed by atoms with Crippen LogP contribution in [0.5, 0.6) is 11.5 Å². The summed E-state index contributed by atoms with van der Waals surface area (Å²) in [6.07, 6.45) is 9.57. The van der Waals surface area contributed by atoms with Crippen LogP contribution in [-0.4, -0.2) is 54.0 Å². The molecule has 2 heterocycles. The van der Waals surface area contributed by atoms with Crippen LogP contribution in [0.1, 0.15) is 70.0 Å². The average Bonchev–Trinajstić information content (AvgIpc) is 3.29. The van der Waals surface area contributed by atoms with E-state index >= 15 is 0 Å². The van der Waals surface area contributed by atoms with Crippen molar-refractivity contribution < 1.29 is 19.7 Å². The molecule has 0 radical (unpaired) electrons. The molecule has 3 N–H and O–H groups in total. The fourth-order valence-electron chi connectivity index (χ4n) is 4.28. The summed E-state index contributed by atoms with van der Waals surface area (Å²) in [5.74, 6) is 1.41. The van der Waals surface area contributed by atoms with Gasteiger partial charge in [-0.3, -0.25) is 0 Å². The van der Waals surface area contributed by atoms with Gasteiger partial charge in [-0.2, -0.15) is 0 Å². The molecule has 0 bridgehead atoms. The molecule has 2 aliphatic heterocycles. The first-order valence-electron chi connectivity index (χ1n) is 11.6. The van der Waals surface area contributed by atoms with Crippen LogP contribution in [0.15, 0.2) is 30.2 Å². The molecule has 0 unspecified atom stereocenters. The van der Waals surface area contributed by atoms with E-state index in [1.54, 1.807) is 0 Å². The number of likely N-dealkylation sites (tertiary alicyclic amines) is 1. The van der Waals surface area contributed by atoms with Crippen LogP contribution in [0, 0.1) is 0 Å². The van der Waals surface area contributed by atoms with Gasteiger partial charge in [-0.05, 0) is 56.5 Å². The number of nitrogens with one attached hydrogen (secondary N) is 1. The van der Waals surface area contributed by atoms with Gasteiger partial charge in [-0.25, -0.2) is 0 Å². The molecule has 1 fully saturated rings. The minimum absolute atomic E-state index is 0.209. The second-order valence-electron chi connectivity index (χ2n) is 8.43. The maximum absolute atomic E-state index is 11.2. The quantitative estimate of drug-likeness (QED) is 0.347. The van der Waals surface area contributed by atoms with Gasteiger partial charge in [0.25, 0.3) is 0 Å². The Balaban J connectivity index is 1.66. The van der Waals surface area contributed by atoms with Crippen molar-refractivity contribution in [3.05, 3.63) is 35.7 Å². The molecule has 2 aliphatic rings. The van der Waals surface area contributed by atoms with E-state index in [0.717, 1.165) is 55.9 Å². The molecule has 0 aliphatic carbocycles. The Morgan fingerprint density at radius 1 is 1.10 bits per heavy atom. The van der Waals surface area contributed by atoms with Gasteiger partial charge in [0.15, 0.2) is 11.5 Å². The second kappa shape index (κ2) is 12.1. The standard InChI is InChI=1S/C24H38N2O4/c1-2-3-4-5-6-9-20(18-27)25-21(17-26-12-7-8-13-26)24(28)19-10-11-22-23(16-19)30-15-14-29-22/h10-11,16,18,21,24-25,27-28H,2-9,12-15,17H2,1H3/b20-18-/t21-,24-/m1/s1. The average molecular weight is 419 g/mol. The van der Waals surface area contributed by atoms with Crippen molar-refractivity contribution in [3.63, 3.8) is 0 Å². The number of fused-ring (bicyclic) bond motifs is 1. The number of benzene rings is 1. The van der Waals surface area contributed by atoms with E-state index in [2.05, 4.69) is 17.1 Å². The third-order valence-electron chi connectivity index (χ3n) is 6.02. The molecule has 1 aromatic rings. The molecule has 1 aromatic carbocycles. The van der Waals surface area contributed by atoms with E-state index in [0.29, 0.717) is 19.0 Å². The predicted octanol–water partition coefficient (Wildman–Crippen LogP) is 4.31. The van der Waals surface area contributed by atoms with E-state index in [1.807, 2.05) is 18.2 Å². The van der Waals surface area contributed by atoms with Crippen molar-refractivity contribution >= 4 is 0 Å². The number of hydrogen-bond donors (Lipinski definition) is 3. The topological polar surface area (TPSA) is 74.2 Å². The SMILES string of the molecule is CCCCCCC/C(=C/O)N[C@H](CN1CCCC1)[C@H](O)c1ccc2c(c1)OCCO2. The number of rotatable bonds is 12. The smallest absolute Gasteiger partial charge is 0.161 e. The summed E-state index contributed by atoms with van der Waals surface area (Å²) in [5.41, 5.74) is 1.60. The monoisotopic (exact) mass is 418 g/mol. The normalized spacial score (nSPS) is 18.9. The molecule has 2 atom stereocenters. The molecule has 3 rings (SSSR count). The van der Waals surface area contributed by atoms with Crippen LogP contribution in [0.4, 0.5) is 0 Å². The van der Waals surface area contributed by atoms with Gasteiger partial charge in [0, 0.05) is 12.2 Å². The highest BCUT2D eigenvalue weighted by atomic mass is 16.6. The molecular formula is C24H38N2O4. The molecular weight excluding hydrogens is 380 g/mol. The van der Waals surface area contributed by atoms with Crippen LogP contribution < -0.4 is 14.8 Å². The number of ether oxygens (including phenoxy) is 2. The van der Waals surface area contributed by atoms with E-state index in [1.165, 1.54) is 38.4 Å². The number of hydrogen-bond acceptors (Lipinski definition) is 6. The highest BCUT2D eigenvalue weighted by Gasteiger charge is 2.27. The largest absolute Gasteiger partial charge is 0.514 e. The van der Waals surface area contributed by atoms with Gasteiger partial charge in [0.05, 0.1) is 12.3 Å². The fourth-order valence-corrected chi connectivity index (χ4v) is 4.28. The molecule has 0 saturated carbocycles. The minimum atomic E-state index is -0.712. The van der Waals surface area contributed by atoms with Gasteiger partial charge >= 0.3 is 0 Å². The van der Waals surface area contributed by atoms with Crippen molar-refractivity contribution in [2.75, 3.05) is 32.8 Å². The Morgan fingerprint density at radius 3 is 2.57 bits per heavy atom. The Labute approximate surface area is 180 Å². The summed E-state index contributed by atoms with van der Waals surface area (Å²) in [4.78, 5) is 2.38. The van der Waals surface area contributed by atoms with Gasteiger partial charge < -0.3 is 29.9 Å². The summed E-state index contributed by atoms with van der Waals surface area (Å²) in [6, 6.07) is 5.45. The third kappa shape index (κ3) is 6.54. The number of unbranched alkanes of at least 4 members (excludes halogenated alkanes) is 4. The van der Waals surface area contributed by atoms with Crippen molar-refractivity contribution in [3.8, 4) is 11.5 Å². The summed E-state index contributed by atoms with van der Waals surface area (Å²) in [5, 5.41) is 24.5. The highest BCUT2D eigenvalue weighted by molar-refractivity contribution is 5.44. The summed E-state index contributed by atoms with van der Waals surface area (Å²) in [7, 11) is 0. The third-order valence-corrected chi connectivity index (χ3v) is 6.02. The van der Waals surface area contributed by atoms with Crippen LogP contribution in [0.25, 0.3) is 0 Å². The predicted molar refractivity (Wildman–Crippen MR) is 119 cm³/mol. The van der Waals surface area contributed by atoms with Crippen molar-refractivity contribution in [2.24, 2.45) is 0 Å². The number of nitrogens with zero attached hydrogens (tertiary/aromatic N) is 1. The molecule has 6 nitrogen and oxygen atoms in total. The van der Waals surface area contributed by atoms with Gasteiger partial charge in [-0.15, -0.1) is 0 Å². The van der Waals surface area contributed by atoms with Crippen molar-refractivity contribution in [1.29, 1.82) is 0 Å². The number of aliphatic hydroxyl groups excluding tert-OH is 2. The molecule has 0 aromatic heterocycles. The van der Waals surface area contributed by atoms with Crippen LogP contribution in [-0.2, 0) is 0 Å². The number of aliphatic hydroxyl groups is 2. The first-order valence-corrected chi connectivity index (χ1v) is 11.6. The molecule has 6 heteroatoms. The van der Waals surface area contributed by atoms with E-state index < -0.39 is 6.10 Å². The summed E-state index contributed by atoms with van der Waals surface area (Å²) >= 11 is 0. The number of allylic oxidation sites excluding steroid dienone is 1. The fraction of sp³-hybridized carbons (Fsp3) is 0.667. The Morgan fingerprint density at radius 2 is 1.83 bits per heavy atom. The van der Waals surface area contributed by atoms with Crippen molar-refractivity contribution in [2.45, 2.75) is 70.4 Å². The Hall–Kier alpha value is -1.92. The minimum Gasteiger partial charge on any atom is -0.514 e. The van der Waals surface area contributed by atoms with E-state index in [-0.39, 0.29) is 6.04 Å². The Bertz CT molecular complexity index is 673. The maximum atomic E-state index is 11.2. The lowest BCUT2D eigenvalue weighted by Crippen LogP contribution is -2.43. The molecule has 30 heavy (non-hydrogen) atoms. The molecule has 168 valence electrons. The van der Waals surface area contributed by atoms with Gasteiger partial charge in [-0.1, -0.05) is 38.7 Å². The van der Waals surface area contributed by atoms with Crippen LogP contribution in [0.3, 0.4) is 0 Å². The van der Waals surface area contributed by atoms with E-state index in [4.69, 9.17) is 9.47 Å². The molecule has 0 amide bonds. The lowest BCUT2D eigenvalue weighted by atomic mass is 10.00. The molecule has 1 saturated heterocycles. The van der Waals surface area contributed by atoms with Gasteiger partial charge in [0.1, 0.15) is 19.3 Å². The summed E-state index contributed by atoms with van der Waals surface area (Å²) in [6.45, 7) is 6.14. The van der Waals surface area contributed by atoms with Crippen molar-refractivity contribution in [1.82, 2.24) is 10.2 Å². The lowest BCUT2D eigenvalue weighted by molar-refractivity contribution is 0.109. The lowest BCUT2D eigenvalue weighted by Gasteiger charge is -2.31. The summed E-state index contributed by atoms with van der Waals surface area (Å²) < 4.78 is 11.3. The first kappa shape index (κ1) is 22.8. The zero-order valence-corrected chi connectivity index (χ0v) is 18.3. The second-order valence-corrected chi connectivity index (χ2v) is 8.43. The van der Waals surface area contributed by atoms with Crippen LogP contribution in [0.2, 0.25) is 0 Å². The highest BCUT2D eigenvalue weighted by Crippen LogP contribution is 2.33. The zero-order chi connectivity index (χ0) is 21.2. The molecule has 0 spiro atoms. The van der Waals surface area contributed by atoms with Gasteiger partial charge in [0.2, 0.25) is 0 Å². The maximum Gasteiger partial charge on any atom is 0.161 e. The zero-order valence-electron chi connectivity index (χ0n) is 18.3. The van der Waals surface area contributed by atoms with Crippen LogP contribution >= 0.6 is 0 Å². The Kier molecular flexibility index (Phi) is 9.15.